The van der Waals surface area contributed by atoms with Crippen molar-refractivity contribution in [1.29, 1.82) is 0 Å². The molecule has 0 fully saturated rings. The first-order valence-corrected chi connectivity index (χ1v) is 15.2. The first-order valence-electron chi connectivity index (χ1n) is 15.2. The van der Waals surface area contributed by atoms with Gasteiger partial charge in [-0.1, -0.05) is 33.1 Å². The molecule has 4 amide bonds. The van der Waals surface area contributed by atoms with Crippen LogP contribution in [0.5, 0.6) is 0 Å². The Morgan fingerprint density at radius 1 is 0.419 bits per heavy atom. The Bertz CT molecular complexity index is 636. The van der Waals surface area contributed by atoms with E-state index in [1.807, 2.05) is 0 Å². The number of unbranched alkanes of at least 4 members (excludes halogenated alkanes) is 3. The predicted molar refractivity (Wildman–Crippen MR) is 173 cm³/mol. The van der Waals surface area contributed by atoms with E-state index in [0.29, 0.717) is 52.1 Å². The lowest BCUT2D eigenvalue weighted by atomic mass is 10.3. The maximum atomic E-state index is 11.1. The summed E-state index contributed by atoms with van der Waals surface area (Å²) in [4.78, 5) is 49.9. The standard InChI is InChI=1S/C10H21NO2.C9H19NO2.2C6H13NO2/c1-4-5-6-8-13-9-7-10(12)11(2)3;1-4-5-7-12-8-6-9(11)10(2)3;2*1-7(2)6(8)4-5-9-3/h4-9H2,1-3H3;4-8H2,1-3H3;2*4-5H2,1-3H3. The molecular weight excluding hydrogens is 556 g/mol. The van der Waals surface area contributed by atoms with Crippen LogP contribution in [0, 0.1) is 0 Å². The van der Waals surface area contributed by atoms with Crippen LogP contribution in [0.15, 0.2) is 0 Å². The van der Waals surface area contributed by atoms with Gasteiger partial charge in [-0.2, -0.15) is 0 Å². The maximum absolute atomic E-state index is 11.1. The summed E-state index contributed by atoms with van der Waals surface area (Å²) in [6.45, 7) is 7.97. The molecule has 0 aliphatic carbocycles. The number of methoxy groups -OCH3 is 2. The lowest BCUT2D eigenvalue weighted by Crippen LogP contribution is -2.22. The van der Waals surface area contributed by atoms with E-state index in [2.05, 4.69) is 13.8 Å². The molecule has 0 spiro atoms. The van der Waals surface area contributed by atoms with Crippen molar-refractivity contribution in [2.24, 2.45) is 0 Å². The summed E-state index contributed by atoms with van der Waals surface area (Å²) < 4.78 is 20.0. The molecule has 12 heteroatoms. The quantitative estimate of drug-likeness (QED) is 0.202. The summed E-state index contributed by atoms with van der Waals surface area (Å²) in [7, 11) is 17.2. The van der Waals surface area contributed by atoms with Crippen LogP contribution in [-0.2, 0) is 38.1 Å². The molecule has 0 N–H and O–H groups in total. The third-order valence-corrected chi connectivity index (χ3v) is 5.49. The molecule has 0 bridgehead atoms. The van der Waals surface area contributed by atoms with Gasteiger partial charge >= 0.3 is 0 Å². The highest BCUT2D eigenvalue weighted by Crippen LogP contribution is 1.96. The topological polar surface area (TPSA) is 118 Å². The summed E-state index contributed by atoms with van der Waals surface area (Å²) in [5.74, 6) is 0.482. The van der Waals surface area contributed by atoms with Crippen molar-refractivity contribution in [3.63, 3.8) is 0 Å². The van der Waals surface area contributed by atoms with Crippen LogP contribution in [0.1, 0.15) is 71.6 Å². The van der Waals surface area contributed by atoms with Gasteiger partial charge < -0.3 is 38.5 Å². The molecule has 0 rings (SSSR count). The normalized spacial score (nSPS) is 9.67. The van der Waals surface area contributed by atoms with E-state index in [1.165, 1.54) is 12.8 Å². The van der Waals surface area contributed by atoms with Crippen molar-refractivity contribution in [3.05, 3.63) is 0 Å². The minimum absolute atomic E-state index is 0.108. The van der Waals surface area contributed by atoms with Crippen molar-refractivity contribution in [2.45, 2.75) is 71.6 Å². The zero-order valence-electron chi connectivity index (χ0n) is 29.7. The first-order chi connectivity index (χ1) is 20.2. The summed E-state index contributed by atoms with van der Waals surface area (Å²) in [6.07, 6.45) is 7.69. The number of carbonyl (C=O) groups is 4. The molecule has 0 aromatic carbocycles. The lowest BCUT2D eigenvalue weighted by molar-refractivity contribution is -0.130. The van der Waals surface area contributed by atoms with Crippen LogP contribution >= 0.6 is 0 Å². The Morgan fingerprint density at radius 2 is 0.698 bits per heavy atom. The van der Waals surface area contributed by atoms with E-state index in [4.69, 9.17) is 18.9 Å². The zero-order chi connectivity index (χ0) is 34.1. The molecule has 0 aliphatic rings. The highest BCUT2D eigenvalue weighted by molar-refractivity contribution is 5.76. The molecule has 12 nitrogen and oxygen atoms in total. The van der Waals surface area contributed by atoms with Gasteiger partial charge in [-0.05, 0) is 12.8 Å². The van der Waals surface area contributed by atoms with Crippen molar-refractivity contribution >= 4 is 23.6 Å². The summed E-state index contributed by atoms with van der Waals surface area (Å²) in [5, 5.41) is 0. The van der Waals surface area contributed by atoms with Crippen molar-refractivity contribution in [2.75, 3.05) is 110 Å². The van der Waals surface area contributed by atoms with E-state index in [9.17, 15) is 19.2 Å². The highest BCUT2D eigenvalue weighted by Gasteiger charge is 2.04. The lowest BCUT2D eigenvalue weighted by Gasteiger charge is -2.09. The molecular formula is C31H66N4O8. The fourth-order valence-electron chi connectivity index (χ4n) is 2.50. The van der Waals surface area contributed by atoms with Crippen LogP contribution in [0.2, 0.25) is 0 Å². The minimum Gasteiger partial charge on any atom is -0.384 e. The van der Waals surface area contributed by atoms with E-state index in [1.54, 1.807) is 90.2 Å². The fraction of sp³-hybridized carbons (Fsp3) is 0.871. The van der Waals surface area contributed by atoms with Gasteiger partial charge in [0.25, 0.3) is 0 Å². The van der Waals surface area contributed by atoms with Gasteiger partial charge in [-0.25, -0.2) is 0 Å². The molecule has 0 aliphatic heterocycles. The molecule has 0 atom stereocenters. The summed E-state index contributed by atoms with van der Waals surface area (Å²) >= 11 is 0. The Morgan fingerprint density at radius 3 is 0.953 bits per heavy atom. The third-order valence-electron chi connectivity index (χ3n) is 5.49. The zero-order valence-corrected chi connectivity index (χ0v) is 29.7. The average molecular weight is 623 g/mol. The molecule has 0 aromatic rings. The van der Waals surface area contributed by atoms with Crippen molar-refractivity contribution in [1.82, 2.24) is 19.6 Å². The fourth-order valence-corrected chi connectivity index (χ4v) is 2.50. The molecule has 0 radical (unpaired) electrons. The van der Waals surface area contributed by atoms with Gasteiger partial charge in [0, 0.05) is 83.8 Å². The second kappa shape index (κ2) is 35.9. The Balaban J connectivity index is -0.000000239. The van der Waals surface area contributed by atoms with E-state index >= 15 is 0 Å². The number of hydrogen-bond acceptors (Lipinski definition) is 8. The third kappa shape index (κ3) is 41.9. The second-order valence-electron chi connectivity index (χ2n) is 10.4. The van der Waals surface area contributed by atoms with Gasteiger partial charge in [0.05, 0.1) is 52.1 Å². The van der Waals surface area contributed by atoms with Gasteiger partial charge in [0.2, 0.25) is 23.6 Å². The van der Waals surface area contributed by atoms with Gasteiger partial charge in [-0.15, -0.1) is 0 Å². The largest absolute Gasteiger partial charge is 0.384 e. The van der Waals surface area contributed by atoms with Crippen LogP contribution in [0.3, 0.4) is 0 Å². The molecule has 258 valence electrons. The van der Waals surface area contributed by atoms with Gasteiger partial charge in [-0.3, -0.25) is 19.2 Å². The number of nitrogens with zero attached hydrogens (tertiary/aromatic N) is 4. The summed E-state index contributed by atoms with van der Waals surface area (Å²) in [5.41, 5.74) is 0. The van der Waals surface area contributed by atoms with Crippen molar-refractivity contribution < 1.29 is 38.1 Å². The Labute approximate surface area is 263 Å². The Hall–Kier alpha value is -2.28. The van der Waals surface area contributed by atoms with Gasteiger partial charge in [0.1, 0.15) is 0 Å². The first kappa shape index (κ1) is 47.6. The van der Waals surface area contributed by atoms with E-state index in [-0.39, 0.29) is 23.6 Å². The molecule has 0 saturated carbocycles. The van der Waals surface area contributed by atoms with E-state index < -0.39 is 0 Å². The maximum Gasteiger partial charge on any atom is 0.224 e. The smallest absolute Gasteiger partial charge is 0.224 e. The van der Waals surface area contributed by atoms with E-state index in [0.717, 1.165) is 32.5 Å². The molecule has 0 unspecified atom stereocenters. The predicted octanol–water partition coefficient (Wildman–Crippen LogP) is 3.18. The van der Waals surface area contributed by atoms with Crippen LogP contribution in [-0.4, -0.2) is 153 Å². The summed E-state index contributed by atoms with van der Waals surface area (Å²) in [6, 6.07) is 0. The molecule has 43 heavy (non-hydrogen) atoms. The Kier molecular flexibility index (Phi) is 39.8. The number of ether oxygens (including phenoxy) is 4. The van der Waals surface area contributed by atoms with Crippen LogP contribution in [0.4, 0.5) is 0 Å². The highest BCUT2D eigenvalue weighted by atomic mass is 16.5. The van der Waals surface area contributed by atoms with Crippen LogP contribution in [0.25, 0.3) is 0 Å². The average Bonchev–Trinajstić information content (AvgIpc) is 2.96. The second-order valence-corrected chi connectivity index (χ2v) is 10.4. The number of carbonyl (C=O) groups excluding carboxylic acids is 4. The SMILES string of the molecule is CCCCCOCCC(=O)N(C)C.CCCCOCCC(=O)N(C)C.COCCC(=O)N(C)C.COCCC(=O)N(C)C. The van der Waals surface area contributed by atoms with Crippen LogP contribution < -0.4 is 0 Å². The molecule has 0 aromatic heterocycles. The van der Waals surface area contributed by atoms with Gasteiger partial charge in [0.15, 0.2) is 0 Å². The van der Waals surface area contributed by atoms with Crippen molar-refractivity contribution in [3.8, 4) is 0 Å². The number of hydrogen-bond donors (Lipinski definition) is 0. The molecule has 0 saturated heterocycles. The number of amides is 4. The molecule has 0 heterocycles. The monoisotopic (exact) mass is 622 g/mol. The number of rotatable bonds is 19. The minimum atomic E-state index is 0.108.